The largest absolute Gasteiger partial charge is 0.324 e. The van der Waals surface area contributed by atoms with Crippen molar-refractivity contribution >= 4 is 33.1 Å². The van der Waals surface area contributed by atoms with Crippen molar-refractivity contribution in [1.29, 1.82) is 0 Å². The Bertz CT molecular complexity index is 1280. The molecule has 0 bridgehead atoms. The Hall–Kier alpha value is -3.25. The first-order valence-electron chi connectivity index (χ1n) is 10.5. The zero-order chi connectivity index (χ0) is 22.0. The minimum absolute atomic E-state index is 0.0773. The van der Waals surface area contributed by atoms with Crippen LogP contribution in [0.2, 0.25) is 0 Å². The van der Waals surface area contributed by atoms with Crippen molar-refractivity contribution in [3.63, 3.8) is 0 Å². The Kier molecular flexibility index (Phi) is 6.00. The van der Waals surface area contributed by atoms with E-state index in [2.05, 4.69) is 24.1 Å². The third-order valence-corrected chi connectivity index (χ3v) is 6.51. The average molecular weight is 432 g/mol. The Labute approximate surface area is 185 Å². The van der Waals surface area contributed by atoms with Crippen molar-refractivity contribution in [2.24, 2.45) is 0 Å². The standard InChI is InChI=1S/C25H25N3O2S/c1-4-17-12-9-13-18(5-2)23(17)27-20(29)14-28-15-26-24-22(25(28)30)21(16(3)31-24)19-10-7-6-8-11-19/h6-13,15H,4-5,14H2,1-3H3,(H,27,29). The zero-order valence-electron chi connectivity index (χ0n) is 17.9. The molecule has 0 spiro atoms. The van der Waals surface area contributed by atoms with Gasteiger partial charge in [0, 0.05) is 16.1 Å². The van der Waals surface area contributed by atoms with Gasteiger partial charge in [-0.2, -0.15) is 0 Å². The van der Waals surface area contributed by atoms with Gasteiger partial charge in [0.25, 0.3) is 5.56 Å². The van der Waals surface area contributed by atoms with Gasteiger partial charge in [-0.3, -0.25) is 14.2 Å². The second-order valence-electron chi connectivity index (χ2n) is 7.46. The number of amides is 1. The maximum Gasteiger partial charge on any atom is 0.263 e. The van der Waals surface area contributed by atoms with Crippen LogP contribution < -0.4 is 10.9 Å². The molecule has 4 aromatic rings. The van der Waals surface area contributed by atoms with Crippen LogP contribution in [-0.2, 0) is 24.2 Å². The number of hydrogen-bond acceptors (Lipinski definition) is 4. The third-order valence-electron chi connectivity index (χ3n) is 5.49. The number of rotatable bonds is 6. The monoisotopic (exact) mass is 431 g/mol. The minimum atomic E-state index is -0.230. The number of aromatic nitrogens is 2. The molecule has 2 aromatic carbocycles. The highest BCUT2D eigenvalue weighted by atomic mass is 32.1. The van der Waals surface area contributed by atoms with Crippen LogP contribution in [-0.4, -0.2) is 15.5 Å². The van der Waals surface area contributed by atoms with Crippen molar-refractivity contribution < 1.29 is 4.79 Å². The van der Waals surface area contributed by atoms with Gasteiger partial charge in [0.15, 0.2) is 0 Å². The third kappa shape index (κ3) is 4.03. The quantitative estimate of drug-likeness (QED) is 0.457. The van der Waals surface area contributed by atoms with Gasteiger partial charge < -0.3 is 5.32 Å². The highest BCUT2D eigenvalue weighted by Crippen LogP contribution is 2.35. The molecule has 6 heteroatoms. The van der Waals surface area contributed by atoms with Crippen LogP contribution in [0.3, 0.4) is 0 Å². The van der Waals surface area contributed by atoms with Gasteiger partial charge in [-0.05, 0) is 36.5 Å². The fourth-order valence-electron chi connectivity index (χ4n) is 3.94. The molecule has 0 saturated heterocycles. The van der Waals surface area contributed by atoms with Gasteiger partial charge in [0.1, 0.15) is 11.4 Å². The molecule has 158 valence electrons. The van der Waals surface area contributed by atoms with Crippen LogP contribution in [0.25, 0.3) is 21.3 Å². The van der Waals surface area contributed by atoms with Crippen molar-refractivity contribution in [1.82, 2.24) is 9.55 Å². The summed E-state index contributed by atoms with van der Waals surface area (Å²) in [5, 5.41) is 3.61. The summed E-state index contributed by atoms with van der Waals surface area (Å²) in [4.78, 5) is 32.4. The van der Waals surface area contributed by atoms with E-state index in [0.29, 0.717) is 10.2 Å². The Balaban J connectivity index is 1.70. The molecule has 31 heavy (non-hydrogen) atoms. The SMILES string of the molecule is CCc1cccc(CC)c1NC(=O)Cn1cnc2sc(C)c(-c3ccccc3)c2c1=O. The van der Waals surface area contributed by atoms with E-state index in [4.69, 9.17) is 0 Å². The second-order valence-corrected chi connectivity index (χ2v) is 8.67. The molecule has 0 aliphatic heterocycles. The molecule has 0 atom stereocenters. The van der Waals surface area contributed by atoms with Crippen LogP contribution in [0.1, 0.15) is 29.9 Å². The minimum Gasteiger partial charge on any atom is -0.324 e. The van der Waals surface area contributed by atoms with Gasteiger partial charge in [-0.15, -0.1) is 11.3 Å². The molecular weight excluding hydrogens is 406 g/mol. The lowest BCUT2D eigenvalue weighted by Gasteiger charge is -2.15. The maximum absolute atomic E-state index is 13.3. The normalized spacial score (nSPS) is 11.1. The fourth-order valence-corrected chi connectivity index (χ4v) is 4.94. The lowest BCUT2D eigenvalue weighted by atomic mass is 10.0. The molecule has 0 fully saturated rings. The van der Waals surface area contributed by atoms with Gasteiger partial charge in [0.2, 0.25) is 5.91 Å². The summed E-state index contributed by atoms with van der Waals surface area (Å²) in [5.74, 6) is -0.230. The second kappa shape index (κ2) is 8.86. The predicted octanol–water partition coefficient (Wildman–Crippen LogP) is 5.20. The number of benzene rings is 2. The van der Waals surface area contributed by atoms with Crippen molar-refractivity contribution in [2.45, 2.75) is 40.2 Å². The summed E-state index contributed by atoms with van der Waals surface area (Å²) in [6.45, 7) is 6.05. The molecule has 4 rings (SSSR count). The molecule has 0 aliphatic rings. The molecule has 1 amide bonds. The van der Waals surface area contributed by atoms with Crippen LogP contribution in [0.5, 0.6) is 0 Å². The Morgan fingerprint density at radius 2 is 1.71 bits per heavy atom. The number of hydrogen-bond donors (Lipinski definition) is 1. The number of anilines is 1. The Morgan fingerprint density at radius 1 is 1.03 bits per heavy atom. The lowest BCUT2D eigenvalue weighted by Crippen LogP contribution is -2.28. The van der Waals surface area contributed by atoms with Gasteiger partial charge in [0.05, 0.1) is 11.7 Å². The van der Waals surface area contributed by atoms with Crippen LogP contribution in [0, 0.1) is 6.92 Å². The molecule has 2 aromatic heterocycles. The number of thiophene rings is 1. The summed E-state index contributed by atoms with van der Waals surface area (Å²) >= 11 is 1.50. The molecule has 0 radical (unpaired) electrons. The molecule has 1 N–H and O–H groups in total. The molecule has 2 heterocycles. The van der Waals surface area contributed by atoms with Gasteiger partial charge >= 0.3 is 0 Å². The number of nitrogens with one attached hydrogen (secondary N) is 1. The number of nitrogens with zero attached hydrogens (tertiary/aromatic N) is 2. The lowest BCUT2D eigenvalue weighted by molar-refractivity contribution is -0.116. The van der Waals surface area contributed by atoms with Crippen molar-refractivity contribution in [3.05, 3.63) is 81.2 Å². The zero-order valence-corrected chi connectivity index (χ0v) is 18.8. The van der Waals surface area contributed by atoms with Crippen molar-refractivity contribution in [2.75, 3.05) is 5.32 Å². The van der Waals surface area contributed by atoms with Crippen LogP contribution >= 0.6 is 11.3 Å². The number of fused-ring (bicyclic) bond motifs is 1. The highest BCUT2D eigenvalue weighted by Gasteiger charge is 2.18. The van der Waals surface area contributed by atoms with Gasteiger partial charge in [-0.1, -0.05) is 62.4 Å². The van der Waals surface area contributed by atoms with E-state index in [0.717, 1.165) is 45.7 Å². The Morgan fingerprint density at radius 3 is 2.35 bits per heavy atom. The van der Waals surface area contributed by atoms with E-state index < -0.39 is 0 Å². The predicted molar refractivity (Wildman–Crippen MR) is 128 cm³/mol. The number of carbonyl (C=O) groups excluding carboxylic acids is 1. The highest BCUT2D eigenvalue weighted by molar-refractivity contribution is 7.19. The maximum atomic E-state index is 13.3. The summed E-state index contributed by atoms with van der Waals surface area (Å²) in [5.41, 5.74) is 4.73. The molecular formula is C25H25N3O2S. The van der Waals surface area contributed by atoms with E-state index in [1.807, 2.05) is 55.5 Å². The number of carbonyl (C=O) groups is 1. The topological polar surface area (TPSA) is 64.0 Å². The average Bonchev–Trinajstić information content (AvgIpc) is 3.13. The molecule has 0 unspecified atom stereocenters. The first kappa shape index (κ1) is 21.0. The smallest absolute Gasteiger partial charge is 0.263 e. The van der Waals surface area contributed by atoms with Crippen molar-refractivity contribution in [3.8, 4) is 11.1 Å². The fraction of sp³-hybridized carbons (Fsp3) is 0.240. The summed E-state index contributed by atoms with van der Waals surface area (Å²) < 4.78 is 1.40. The van der Waals surface area contributed by atoms with E-state index >= 15 is 0 Å². The molecule has 5 nitrogen and oxygen atoms in total. The first-order valence-corrected chi connectivity index (χ1v) is 11.3. The van der Waals surface area contributed by atoms with Crippen LogP contribution in [0.15, 0.2) is 59.7 Å². The van der Waals surface area contributed by atoms with E-state index in [-0.39, 0.29) is 18.0 Å². The number of aryl methyl sites for hydroxylation is 3. The number of para-hydroxylation sites is 1. The van der Waals surface area contributed by atoms with Gasteiger partial charge in [-0.25, -0.2) is 4.98 Å². The van der Waals surface area contributed by atoms with Crippen LogP contribution in [0.4, 0.5) is 5.69 Å². The molecule has 0 saturated carbocycles. The summed E-state index contributed by atoms with van der Waals surface area (Å²) in [7, 11) is 0. The summed E-state index contributed by atoms with van der Waals surface area (Å²) in [6.07, 6.45) is 3.12. The van der Waals surface area contributed by atoms with E-state index in [9.17, 15) is 9.59 Å². The van der Waals surface area contributed by atoms with E-state index in [1.165, 1.54) is 22.2 Å². The summed E-state index contributed by atoms with van der Waals surface area (Å²) in [6, 6.07) is 15.9. The molecule has 0 aliphatic carbocycles. The first-order chi connectivity index (χ1) is 15.0. The van der Waals surface area contributed by atoms with E-state index in [1.54, 1.807) is 0 Å².